The number of nitrogens with one attached hydrogen (secondary N) is 1. The first-order valence-electron chi connectivity index (χ1n) is 8.14. The molecular formula is C15H32N4. The van der Waals surface area contributed by atoms with Crippen LogP contribution >= 0.6 is 0 Å². The van der Waals surface area contributed by atoms with Crippen LogP contribution in [0.4, 0.5) is 0 Å². The lowest BCUT2D eigenvalue weighted by atomic mass is 9.78. The van der Waals surface area contributed by atoms with Crippen molar-refractivity contribution in [3.05, 3.63) is 0 Å². The maximum Gasteiger partial charge on any atom is 0.0822 e. The highest BCUT2D eigenvalue weighted by atomic mass is 15.2. The summed E-state index contributed by atoms with van der Waals surface area (Å²) in [6.07, 6.45) is 13.2. The van der Waals surface area contributed by atoms with Gasteiger partial charge in [-0.1, -0.05) is 44.9 Å². The van der Waals surface area contributed by atoms with Crippen LogP contribution in [-0.4, -0.2) is 23.8 Å². The largest absolute Gasteiger partial charge is 0.329 e. The summed E-state index contributed by atoms with van der Waals surface area (Å²) < 4.78 is 0. The molecule has 0 spiro atoms. The Morgan fingerprint density at radius 2 is 1.47 bits per heavy atom. The fourth-order valence-corrected chi connectivity index (χ4v) is 3.84. The van der Waals surface area contributed by atoms with Gasteiger partial charge in [-0.25, -0.2) is 0 Å². The summed E-state index contributed by atoms with van der Waals surface area (Å²) in [4.78, 5) is 0. The third kappa shape index (κ3) is 3.69. The molecule has 2 atom stereocenters. The van der Waals surface area contributed by atoms with Crippen molar-refractivity contribution >= 4 is 0 Å². The van der Waals surface area contributed by atoms with E-state index in [9.17, 15) is 0 Å². The third-order valence-corrected chi connectivity index (χ3v) is 5.22. The Morgan fingerprint density at radius 3 is 2.05 bits per heavy atom. The quantitative estimate of drug-likeness (QED) is 0.585. The van der Waals surface area contributed by atoms with E-state index in [1.54, 1.807) is 0 Å². The summed E-state index contributed by atoms with van der Waals surface area (Å²) in [7, 11) is 0. The normalized spacial score (nSPS) is 36.5. The molecule has 4 heteroatoms. The average Bonchev–Trinajstić information content (AvgIpc) is 2.37. The van der Waals surface area contributed by atoms with E-state index < -0.39 is 5.66 Å². The topological polar surface area (TPSA) is 90.1 Å². The van der Waals surface area contributed by atoms with Gasteiger partial charge in [0.25, 0.3) is 0 Å². The van der Waals surface area contributed by atoms with E-state index in [0.717, 1.165) is 25.7 Å². The molecule has 19 heavy (non-hydrogen) atoms. The van der Waals surface area contributed by atoms with E-state index in [0.29, 0.717) is 6.54 Å². The van der Waals surface area contributed by atoms with Crippen molar-refractivity contribution in [3.8, 4) is 0 Å². The third-order valence-electron chi connectivity index (χ3n) is 5.22. The van der Waals surface area contributed by atoms with Crippen molar-refractivity contribution in [2.75, 3.05) is 6.54 Å². The van der Waals surface area contributed by atoms with Gasteiger partial charge < -0.3 is 17.2 Å². The van der Waals surface area contributed by atoms with Gasteiger partial charge in [0.05, 0.1) is 5.66 Å². The Hall–Kier alpha value is -0.160. The van der Waals surface area contributed by atoms with Crippen molar-refractivity contribution in [2.24, 2.45) is 17.2 Å². The molecule has 7 N–H and O–H groups in total. The molecule has 0 radical (unpaired) electrons. The van der Waals surface area contributed by atoms with Crippen molar-refractivity contribution in [3.63, 3.8) is 0 Å². The first kappa shape index (κ1) is 15.2. The van der Waals surface area contributed by atoms with Crippen LogP contribution in [0.2, 0.25) is 0 Å². The van der Waals surface area contributed by atoms with Gasteiger partial charge in [0.15, 0.2) is 0 Å². The molecule has 2 saturated carbocycles. The van der Waals surface area contributed by atoms with Crippen LogP contribution in [0.15, 0.2) is 0 Å². The minimum Gasteiger partial charge on any atom is -0.329 e. The van der Waals surface area contributed by atoms with Crippen LogP contribution < -0.4 is 22.5 Å². The fourth-order valence-electron chi connectivity index (χ4n) is 3.84. The fraction of sp³-hybridized carbons (Fsp3) is 1.00. The molecule has 0 aromatic carbocycles. The molecule has 112 valence electrons. The van der Waals surface area contributed by atoms with E-state index in [2.05, 4.69) is 5.32 Å². The molecule has 0 bridgehead atoms. The lowest BCUT2D eigenvalue weighted by Gasteiger charge is -2.48. The van der Waals surface area contributed by atoms with Gasteiger partial charge in [0.2, 0.25) is 0 Å². The number of nitrogens with two attached hydrogens (primary N) is 3. The number of hydrogen-bond acceptors (Lipinski definition) is 4. The van der Waals surface area contributed by atoms with E-state index in [-0.39, 0.29) is 11.6 Å². The summed E-state index contributed by atoms with van der Waals surface area (Å²) >= 11 is 0. The van der Waals surface area contributed by atoms with E-state index in [1.807, 2.05) is 0 Å². The second-order valence-corrected chi connectivity index (χ2v) is 6.77. The van der Waals surface area contributed by atoms with Crippen molar-refractivity contribution in [1.82, 2.24) is 5.32 Å². The monoisotopic (exact) mass is 268 g/mol. The summed E-state index contributed by atoms with van der Waals surface area (Å²) in [6.45, 7) is 0.679. The van der Waals surface area contributed by atoms with E-state index in [1.165, 1.54) is 44.9 Å². The Bertz CT molecular complexity index is 273. The van der Waals surface area contributed by atoms with Gasteiger partial charge in [0, 0.05) is 18.1 Å². The Balaban J connectivity index is 2.06. The predicted molar refractivity (Wildman–Crippen MR) is 80.6 cm³/mol. The molecule has 2 rings (SSSR count). The van der Waals surface area contributed by atoms with Crippen LogP contribution in [0.3, 0.4) is 0 Å². The lowest BCUT2D eigenvalue weighted by molar-refractivity contribution is 0.119. The zero-order valence-electron chi connectivity index (χ0n) is 12.3. The number of hydrogen-bond donors (Lipinski definition) is 4. The van der Waals surface area contributed by atoms with Crippen LogP contribution in [0.25, 0.3) is 0 Å². The van der Waals surface area contributed by atoms with Crippen LogP contribution in [0.1, 0.15) is 70.6 Å². The maximum atomic E-state index is 6.59. The first-order chi connectivity index (χ1) is 9.10. The van der Waals surface area contributed by atoms with Gasteiger partial charge in [-0.05, 0) is 25.7 Å². The van der Waals surface area contributed by atoms with E-state index >= 15 is 0 Å². The van der Waals surface area contributed by atoms with Crippen LogP contribution in [0.5, 0.6) is 0 Å². The molecule has 0 heterocycles. The lowest BCUT2D eigenvalue weighted by Crippen LogP contribution is -2.73. The molecule has 2 aliphatic rings. The molecule has 0 aliphatic heterocycles. The van der Waals surface area contributed by atoms with Gasteiger partial charge in [-0.3, -0.25) is 5.32 Å². The van der Waals surface area contributed by atoms with Crippen molar-refractivity contribution in [2.45, 2.75) is 87.9 Å². The highest BCUT2D eigenvalue weighted by molar-refractivity contribution is 5.03. The standard InChI is InChI=1S/C15H32N4/c16-12-14(9-5-2-1-3-6-10-14)19-15(18)11-7-4-8-13(15)17/h13,19H,1-12,16-18H2. The molecule has 2 fully saturated rings. The van der Waals surface area contributed by atoms with Gasteiger partial charge in [-0.2, -0.15) is 0 Å². The zero-order valence-corrected chi connectivity index (χ0v) is 12.3. The average molecular weight is 268 g/mol. The van der Waals surface area contributed by atoms with E-state index in [4.69, 9.17) is 17.2 Å². The summed E-state index contributed by atoms with van der Waals surface area (Å²) in [5.41, 5.74) is 18.6. The maximum absolute atomic E-state index is 6.59. The molecule has 4 nitrogen and oxygen atoms in total. The summed E-state index contributed by atoms with van der Waals surface area (Å²) in [5.74, 6) is 0. The zero-order chi connectivity index (χ0) is 13.8. The summed E-state index contributed by atoms with van der Waals surface area (Å²) in [5, 5.41) is 3.74. The Kier molecular flexibility index (Phi) is 5.23. The molecular weight excluding hydrogens is 236 g/mol. The van der Waals surface area contributed by atoms with Crippen molar-refractivity contribution in [1.29, 1.82) is 0 Å². The van der Waals surface area contributed by atoms with Gasteiger partial charge in [0.1, 0.15) is 0 Å². The number of rotatable bonds is 3. The Morgan fingerprint density at radius 1 is 0.895 bits per heavy atom. The van der Waals surface area contributed by atoms with Gasteiger partial charge >= 0.3 is 0 Å². The highest BCUT2D eigenvalue weighted by Gasteiger charge is 2.41. The smallest absolute Gasteiger partial charge is 0.0822 e. The molecule has 2 aliphatic carbocycles. The summed E-state index contributed by atoms with van der Waals surface area (Å²) in [6, 6.07) is 0.0649. The Labute approximate surface area is 117 Å². The SMILES string of the molecule is NCC1(NC2(N)CCCCC2N)CCCCCCC1. The first-order valence-corrected chi connectivity index (χ1v) is 8.14. The van der Waals surface area contributed by atoms with Crippen LogP contribution in [0, 0.1) is 0 Å². The molecule has 0 aromatic rings. The molecule has 0 saturated heterocycles. The van der Waals surface area contributed by atoms with Gasteiger partial charge in [-0.15, -0.1) is 0 Å². The second-order valence-electron chi connectivity index (χ2n) is 6.77. The van der Waals surface area contributed by atoms with Crippen molar-refractivity contribution < 1.29 is 0 Å². The molecule has 2 unspecified atom stereocenters. The minimum absolute atomic E-state index is 0.0180. The van der Waals surface area contributed by atoms with Crippen LogP contribution in [-0.2, 0) is 0 Å². The molecule has 0 aromatic heterocycles. The predicted octanol–water partition coefficient (Wildman–Crippen LogP) is 1.57. The minimum atomic E-state index is -0.406. The highest BCUT2D eigenvalue weighted by Crippen LogP contribution is 2.31. The second kappa shape index (κ2) is 6.53. The molecule has 0 amide bonds.